The molecule has 1 aliphatic heterocycles. The Morgan fingerprint density at radius 1 is 1.17 bits per heavy atom. The van der Waals surface area contributed by atoms with Gasteiger partial charge in [-0.1, -0.05) is 19.0 Å². The molecule has 0 unspecified atom stereocenters. The first kappa shape index (κ1) is 20.6. The van der Waals surface area contributed by atoms with Crippen molar-refractivity contribution >= 4 is 23.5 Å². The monoisotopic (exact) mass is 399 g/mol. The highest BCUT2D eigenvalue weighted by Gasteiger charge is 2.27. The van der Waals surface area contributed by atoms with E-state index >= 15 is 0 Å². The summed E-state index contributed by atoms with van der Waals surface area (Å²) in [7, 11) is 0. The Balaban J connectivity index is 1.65. The Morgan fingerprint density at radius 2 is 1.79 bits per heavy atom. The summed E-state index contributed by atoms with van der Waals surface area (Å²) < 4.78 is 5.26. The van der Waals surface area contributed by atoms with Crippen LogP contribution in [0.15, 0.2) is 28.8 Å². The summed E-state index contributed by atoms with van der Waals surface area (Å²) in [5.41, 5.74) is 2.02. The number of carbonyl (C=O) groups excluding carboxylic acids is 2. The van der Waals surface area contributed by atoms with Crippen LogP contribution in [0, 0.1) is 12.8 Å². The van der Waals surface area contributed by atoms with Gasteiger partial charge in [-0.05, 0) is 44.0 Å². The van der Waals surface area contributed by atoms with Crippen LogP contribution in [-0.2, 0) is 4.79 Å². The molecule has 0 aliphatic carbocycles. The maximum absolute atomic E-state index is 12.6. The molecule has 8 nitrogen and oxygen atoms in total. The number of nitrogens with one attached hydrogen (secondary N) is 1. The van der Waals surface area contributed by atoms with E-state index in [0.29, 0.717) is 54.2 Å². The van der Waals surface area contributed by atoms with Crippen molar-refractivity contribution in [2.24, 2.45) is 5.92 Å². The molecule has 0 atom stereocenters. The smallest absolute Gasteiger partial charge is 0.306 e. The fourth-order valence-corrected chi connectivity index (χ4v) is 3.46. The summed E-state index contributed by atoms with van der Waals surface area (Å²) in [4.78, 5) is 38.0. The number of anilines is 1. The van der Waals surface area contributed by atoms with Crippen molar-refractivity contribution in [1.82, 2.24) is 10.1 Å². The maximum Gasteiger partial charge on any atom is 0.306 e. The third-order valence-corrected chi connectivity index (χ3v) is 5.16. The standard InChI is InChI=1S/C21H25N3O5/c1-12(2)18-17(13(3)23-29-18)19(25)22-16-6-4-14(5-7-16)20(26)24-10-8-15(9-11-24)21(27)28/h4-7,12,15H,8-11H2,1-3H3,(H,22,25)(H,27,28). The van der Waals surface area contributed by atoms with Crippen molar-refractivity contribution in [3.8, 4) is 0 Å². The number of carbonyl (C=O) groups is 3. The van der Waals surface area contributed by atoms with Gasteiger partial charge in [0, 0.05) is 30.3 Å². The second kappa shape index (κ2) is 8.46. The Kier molecular flexibility index (Phi) is 6.00. The molecule has 2 heterocycles. The van der Waals surface area contributed by atoms with E-state index in [4.69, 9.17) is 9.63 Å². The quantitative estimate of drug-likeness (QED) is 0.798. The third-order valence-electron chi connectivity index (χ3n) is 5.16. The molecule has 0 radical (unpaired) electrons. The zero-order valence-corrected chi connectivity index (χ0v) is 16.8. The zero-order valence-electron chi connectivity index (χ0n) is 16.8. The molecular weight excluding hydrogens is 374 g/mol. The molecule has 0 spiro atoms. The minimum Gasteiger partial charge on any atom is -0.481 e. The lowest BCUT2D eigenvalue weighted by molar-refractivity contribution is -0.143. The van der Waals surface area contributed by atoms with Gasteiger partial charge < -0.3 is 19.8 Å². The van der Waals surface area contributed by atoms with Gasteiger partial charge in [-0.3, -0.25) is 14.4 Å². The molecule has 1 aromatic carbocycles. The van der Waals surface area contributed by atoms with Gasteiger partial charge in [0.05, 0.1) is 11.6 Å². The highest BCUT2D eigenvalue weighted by molar-refractivity contribution is 6.06. The minimum absolute atomic E-state index is 0.0298. The van der Waals surface area contributed by atoms with Gasteiger partial charge in [-0.15, -0.1) is 0 Å². The van der Waals surface area contributed by atoms with Crippen molar-refractivity contribution < 1.29 is 24.0 Å². The molecule has 1 saturated heterocycles. The molecule has 2 aromatic rings. The van der Waals surface area contributed by atoms with Crippen LogP contribution in [0.2, 0.25) is 0 Å². The number of hydrogen-bond donors (Lipinski definition) is 2. The van der Waals surface area contributed by atoms with Crippen LogP contribution in [0.4, 0.5) is 5.69 Å². The van der Waals surface area contributed by atoms with Crippen molar-refractivity contribution in [1.29, 1.82) is 0 Å². The molecule has 154 valence electrons. The maximum atomic E-state index is 12.6. The second-order valence-corrected chi connectivity index (χ2v) is 7.60. The summed E-state index contributed by atoms with van der Waals surface area (Å²) in [6.07, 6.45) is 0.928. The fourth-order valence-electron chi connectivity index (χ4n) is 3.46. The fraction of sp³-hybridized carbons (Fsp3) is 0.429. The van der Waals surface area contributed by atoms with Crippen LogP contribution < -0.4 is 5.32 Å². The summed E-state index contributed by atoms with van der Waals surface area (Å²) in [5, 5.41) is 15.8. The van der Waals surface area contributed by atoms with E-state index in [9.17, 15) is 14.4 Å². The summed E-state index contributed by atoms with van der Waals surface area (Å²) in [5.74, 6) is -1.06. The molecule has 2 amide bonds. The lowest BCUT2D eigenvalue weighted by Crippen LogP contribution is -2.40. The molecular formula is C21H25N3O5. The molecule has 1 aromatic heterocycles. The van der Waals surface area contributed by atoms with E-state index in [-0.39, 0.29) is 23.7 Å². The van der Waals surface area contributed by atoms with Gasteiger partial charge >= 0.3 is 5.97 Å². The molecule has 3 rings (SSSR count). The summed E-state index contributed by atoms with van der Waals surface area (Å²) in [6.45, 7) is 6.43. The summed E-state index contributed by atoms with van der Waals surface area (Å²) >= 11 is 0. The molecule has 0 bridgehead atoms. The number of hydrogen-bond acceptors (Lipinski definition) is 5. The number of carboxylic acids is 1. The highest BCUT2D eigenvalue weighted by atomic mass is 16.5. The lowest BCUT2D eigenvalue weighted by Gasteiger charge is -2.30. The van der Waals surface area contributed by atoms with E-state index in [0.717, 1.165) is 0 Å². The van der Waals surface area contributed by atoms with Crippen LogP contribution in [-0.4, -0.2) is 46.0 Å². The van der Waals surface area contributed by atoms with Crippen molar-refractivity contribution in [3.63, 3.8) is 0 Å². The average Bonchev–Trinajstić information content (AvgIpc) is 3.10. The number of rotatable bonds is 5. The van der Waals surface area contributed by atoms with Crippen LogP contribution in [0.1, 0.15) is 64.8 Å². The molecule has 29 heavy (non-hydrogen) atoms. The molecule has 0 saturated carbocycles. The van der Waals surface area contributed by atoms with Crippen LogP contribution in [0.25, 0.3) is 0 Å². The Labute approximate surface area is 168 Å². The lowest BCUT2D eigenvalue weighted by atomic mass is 9.96. The van der Waals surface area contributed by atoms with E-state index in [2.05, 4.69) is 10.5 Å². The van der Waals surface area contributed by atoms with Gasteiger partial charge in [0.1, 0.15) is 5.56 Å². The number of aromatic nitrogens is 1. The van der Waals surface area contributed by atoms with Crippen molar-refractivity contribution in [2.75, 3.05) is 18.4 Å². The number of piperidine rings is 1. The summed E-state index contributed by atoms with van der Waals surface area (Å²) in [6, 6.07) is 6.66. The van der Waals surface area contributed by atoms with Crippen LogP contribution >= 0.6 is 0 Å². The Morgan fingerprint density at radius 3 is 2.34 bits per heavy atom. The van der Waals surface area contributed by atoms with E-state index in [1.807, 2.05) is 13.8 Å². The van der Waals surface area contributed by atoms with Gasteiger partial charge in [0.15, 0.2) is 5.76 Å². The zero-order chi connectivity index (χ0) is 21.1. The van der Waals surface area contributed by atoms with Crippen LogP contribution in [0.3, 0.4) is 0 Å². The van der Waals surface area contributed by atoms with Gasteiger partial charge in [0.2, 0.25) is 0 Å². The second-order valence-electron chi connectivity index (χ2n) is 7.60. The van der Waals surface area contributed by atoms with Gasteiger partial charge in [-0.2, -0.15) is 0 Å². The average molecular weight is 399 g/mol. The van der Waals surface area contributed by atoms with Gasteiger partial charge in [-0.25, -0.2) is 0 Å². The molecule has 1 aliphatic rings. The first-order chi connectivity index (χ1) is 13.8. The number of benzene rings is 1. The van der Waals surface area contributed by atoms with Crippen molar-refractivity contribution in [3.05, 3.63) is 46.8 Å². The minimum atomic E-state index is -0.805. The molecule has 1 fully saturated rings. The Bertz CT molecular complexity index is 909. The number of aryl methyl sites for hydroxylation is 1. The topological polar surface area (TPSA) is 113 Å². The molecule has 2 N–H and O–H groups in total. The van der Waals surface area contributed by atoms with Crippen LogP contribution in [0.5, 0.6) is 0 Å². The van der Waals surface area contributed by atoms with E-state index in [1.165, 1.54) is 0 Å². The largest absolute Gasteiger partial charge is 0.481 e. The highest BCUT2D eigenvalue weighted by Crippen LogP contribution is 2.24. The number of amides is 2. The normalized spacial score (nSPS) is 14.8. The number of aliphatic carboxylic acids is 1. The first-order valence-corrected chi connectivity index (χ1v) is 9.67. The molecule has 8 heteroatoms. The predicted octanol–water partition coefficient (Wildman–Crippen LogP) is 3.30. The van der Waals surface area contributed by atoms with E-state index in [1.54, 1.807) is 36.1 Å². The predicted molar refractivity (Wildman–Crippen MR) is 106 cm³/mol. The number of nitrogens with zero attached hydrogens (tertiary/aromatic N) is 2. The Hall–Kier alpha value is -3.16. The SMILES string of the molecule is Cc1noc(C(C)C)c1C(=O)Nc1ccc(C(=O)N2CCC(C(=O)O)CC2)cc1. The van der Waals surface area contributed by atoms with Crippen molar-refractivity contribution in [2.45, 2.75) is 39.5 Å². The van der Waals surface area contributed by atoms with Gasteiger partial charge in [0.25, 0.3) is 11.8 Å². The number of likely N-dealkylation sites (tertiary alicyclic amines) is 1. The first-order valence-electron chi connectivity index (χ1n) is 9.67. The van der Waals surface area contributed by atoms with E-state index < -0.39 is 5.97 Å². The third kappa shape index (κ3) is 4.47. The number of carboxylic acid groups (broad SMARTS) is 1.